The van der Waals surface area contributed by atoms with Crippen LogP contribution in [0.3, 0.4) is 0 Å². The van der Waals surface area contributed by atoms with E-state index in [1.807, 2.05) is 0 Å². The number of nitrogens with zero attached hydrogens (tertiary/aromatic N) is 2. The van der Waals surface area contributed by atoms with Crippen molar-refractivity contribution in [2.24, 2.45) is 10.9 Å². The van der Waals surface area contributed by atoms with E-state index in [4.69, 9.17) is 4.74 Å². The summed E-state index contributed by atoms with van der Waals surface area (Å²) in [7, 11) is 3.52. The summed E-state index contributed by atoms with van der Waals surface area (Å²) in [6.07, 6.45) is 7.34. The van der Waals surface area contributed by atoms with E-state index in [-0.39, 0.29) is 42.5 Å². The van der Waals surface area contributed by atoms with Gasteiger partial charge in [0.25, 0.3) is 0 Å². The second-order valence-corrected chi connectivity index (χ2v) is 7.52. The van der Waals surface area contributed by atoms with E-state index < -0.39 is 0 Å². The van der Waals surface area contributed by atoms with Gasteiger partial charge in [-0.05, 0) is 45.4 Å². The highest BCUT2D eigenvalue weighted by Gasteiger charge is 2.22. The molecule has 7 heteroatoms. The van der Waals surface area contributed by atoms with Gasteiger partial charge in [0.15, 0.2) is 5.96 Å². The number of nitrogens with one attached hydrogen (secondary N) is 2. The number of hydrogen-bond acceptors (Lipinski definition) is 3. The van der Waals surface area contributed by atoms with Crippen molar-refractivity contribution >= 4 is 35.8 Å². The van der Waals surface area contributed by atoms with Crippen molar-refractivity contribution in [1.29, 1.82) is 0 Å². The van der Waals surface area contributed by atoms with Crippen LogP contribution in [0.1, 0.15) is 59.3 Å². The molecule has 0 heterocycles. The quantitative estimate of drug-likeness (QED) is 0.230. The molecule has 1 amide bonds. The number of amides is 1. The molecule has 1 fully saturated rings. The predicted octanol–water partition coefficient (Wildman–Crippen LogP) is 3.01. The maximum atomic E-state index is 11.8. The van der Waals surface area contributed by atoms with Crippen molar-refractivity contribution in [3.8, 4) is 0 Å². The summed E-state index contributed by atoms with van der Waals surface area (Å²) >= 11 is 0. The van der Waals surface area contributed by atoms with Gasteiger partial charge in [-0.2, -0.15) is 0 Å². The fourth-order valence-corrected chi connectivity index (χ4v) is 2.90. The largest absolute Gasteiger partial charge is 0.379 e. The van der Waals surface area contributed by atoms with Crippen molar-refractivity contribution < 1.29 is 9.53 Å². The lowest BCUT2D eigenvalue weighted by atomic mass is 9.86. The first-order valence-electron chi connectivity index (χ1n) is 9.76. The van der Waals surface area contributed by atoms with Gasteiger partial charge in [-0.15, -0.1) is 24.0 Å². The second kappa shape index (κ2) is 14.5. The molecule has 1 rings (SSSR count). The summed E-state index contributed by atoms with van der Waals surface area (Å²) in [5.41, 5.74) is 0. The van der Waals surface area contributed by atoms with Crippen molar-refractivity contribution in [3.63, 3.8) is 0 Å². The highest BCUT2D eigenvalue weighted by Crippen LogP contribution is 2.23. The normalized spacial score (nSPS) is 20.5. The first-order valence-corrected chi connectivity index (χ1v) is 9.76. The lowest BCUT2D eigenvalue weighted by molar-refractivity contribution is -0.127. The van der Waals surface area contributed by atoms with E-state index in [0.29, 0.717) is 12.0 Å². The van der Waals surface area contributed by atoms with E-state index in [9.17, 15) is 4.79 Å². The van der Waals surface area contributed by atoms with E-state index in [0.717, 1.165) is 32.0 Å². The molecule has 0 aromatic heterocycles. The van der Waals surface area contributed by atoms with Crippen molar-refractivity contribution in [1.82, 2.24) is 15.5 Å². The van der Waals surface area contributed by atoms with Crippen LogP contribution in [0.15, 0.2) is 4.99 Å². The van der Waals surface area contributed by atoms with Gasteiger partial charge >= 0.3 is 0 Å². The average Bonchev–Trinajstić information content (AvgIpc) is 2.56. The van der Waals surface area contributed by atoms with E-state index in [1.54, 1.807) is 19.0 Å². The SMILES string of the molecule is CC(C)OCCCCNC(=NCC(=O)N(C)C)NC1CCCCC1C.I. The fourth-order valence-electron chi connectivity index (χ4n) is 2.90. The van der Waals surface area contributed by atoms with E-state index >= 15 is 0 Å². The monoisotopic (exact) mass is 482 g/mol. The predicted molar refractivity (Wildman–Crippen MR) is 119 cm³/mol. The molecule has 1 saturated carbocycles. The lowest BCUT2D eigenvalue weighted by Gasteiger charge is -2.31. The minimum Gasteiger partial charge on any atom is -0.379 e. The number of rotatable bonds is 9. The van der Waals surface area contributed by atoms with E-state index in [2.05, 4.69) is 36.4 Å². The first-order chi connectivity index (χ1) is 11.9. The molecule has 2 N–H and O–H groups in total. The average molecular weight is 482 g/mol. The summed E-state index contributed by atoms with van der Waals surface area (Å²) in [6, 6.07) is 0.443. The molecular formula is C19H39IN4O2. The minimum absolute atomic E-state index is 0. The zero-order chi connectivity index (χ0) is 18.7. The molecule has 0 saturated heterocycles. The molecule has 6 nitrogen and oxygen atoms in total. The number of likely N-dealkylation sites (N-methyl/N-ethyl adjacent to an activating group) is 1. The van der Waals surface area contributed by atoms with Gasteiger partial charge < -0.3 is 20.3 Å². The molecular weight excluding hydrogens is 443 g/mol. The number of ether oxygens (including phenoxy) is 1. The van der Waals surface area contributed by atoms with Gasteiger partial charge in [-0.25, -0.2) is 4.99 Å². The van der Waals surface area contributed by atoms with Gasteiger partial charge in [0.1, 0.15) is 6.54 Å². The van der Waals surface area contributed by atoms with Crippen LogP contribution >= 0.6 is 24.0 Å². The Morgan fingerprint density at radius 1 is 1.23 bits per heavy atom. The number of carbonyl (C=O) groups is 1. The number of aliphatic imine (C=N–C) groups is 1. The smallest absolute Gasteiger partial charge is 0.243 e. The molecule has 0 spiro atoms. The Kier molecular flexibility index (Phi) is 14.2. The molecule has 0 bridgehead atoms. The number of unbranched alkanes of at least 4 members (excludes halogenated alkanes) is 1. The molecule has 2 unspecified atom stereocenters. The third-order valence-electron chi connectivity index (χ3n) is 4.62. The maximum absolute atomic E-state index is 11.8. The Hall–Kier alpha value is -0.570. The molecule has 0 aromatic carbocycles. The van der Waals surface area contributed by atoms with E-state index in [1.165, 1.54) is 25.7 Å². The fraction of sp³-hybridized carbons (Fsp3) is 0.895. The Labute approximate surface area is 176 Å². The Balaban J connectivity index is 0.00000625. The van der Waals surface area contributed by atoms with Crippen LogP contribution in [0.2, 0.25) is 0 Å². The van der Waals surface area contributed by atoms with Crippen LogP contribution in [0, 0.1) is 5.92 Å². The molecule has 0 radical (unpaired) electrons. The molecule has 2 atom stereocenters. The molecule has 1 aliphatic rings. The van der Waals surface area contributed by atoms with Crippen LogP contribution in [0.5, 0.6) is 0 Å². The third-order valence-corrected chi connectivity index (χ3v) is 4.62. The van der Waals surface area contributed by atoms with Gasteiger partial charge in [-0.1, -0.05) is 19.8 Å². The Morgan fingerprint density at radius 3 is 2.54 bits per heavy atom. The molecule has 154 valence electrons. The number of carbonyl (C=O) groups excluding carboxylic acids is 1. The highest BCUT2D eigenvalue weighted by atomic mass is 127. The zero-order valence-corrected chi connectivity index (χ0v) is 19.5. The third kappa shape index (κ3) is 11.2. The van der Waals surface area contributed by atoms with Crippen LogP contribution in [0.25, 0.3) is 0 Å². The molecule has 26 heavy (non-hydrogen) atoms. The van der Waals surface area contributed by atoms with Gasteiger partial charge in [0.05, 0.1) is 6.10 Å². The summed E-state index contributed by atoms with van der Waals surface area (Å²) in [6.45, 7) is 8.21. The Bertz CT molecular complexity index is 416. The Morgan fingerprint density at radius 2 is 1.92 bits per heavy atom. The molecule has 0 aromatic rings. The van der Waals surface area contributed by atoms with Crippen molar-refractivity contribution in [2.45, 2.75) is 71.4 Å². The minimum atomic E-state index is 0. The van der Waals surface area contributed by atoms with Crippen LogP contribution in [-0.2, 0) is 9.53 Å². The van der Waals surface area contributed by atoms with Gasteiger partial charge in [0.2, 0.25) is 5.91 Å². The maximum Gasteiger partial charge on any atom is 0.243 e. The molecule has 0 aliphatic heterocycles. The zero-order valence-electron chi connectivity index (χ0n) is 17.2. The van der Waals surface area contributed by atoms with Crippen LogP contribution in [0.4, 0.5) is 0 Å². The van der Waals surface area contributed by atoms with Crippen molar-refractivity contribution in [3.05, 3.63) is 0 Å². The van der Waals surface area contributed by atoms with Gasteiger partial charge in [-0.3, -0.25) is 4.79 Å². The van der Waals surface area contributed by atoms with Crippen LogP contribution in [-0.4, -0.2) is 62.7 Å². The number of hydrogen-bond donors (Lipinski definition) is 2. The summed E-state index contributed by atoms with van der Waals surface area (Å²) in [5.74, 6) is 1.42. The lowest BCUT2D eigenvalue weighted by Crippen LogP contribution is -2.47. The summed E-state index contributed by atoms with van der Waals surface area (Å²) in [5, 5.41) is 6.93. The second-order valence-electron chi connectivity index (χ2n) is 7.52. The van der Waals surface area contributed by atoms with Crippen molar-refractivity contribution in [2.75, 3.05) is 33.8 Å². The highest BCUT2D eigenvalue weighted by molar-refractivity contribution is 14.0. The topological polar surface area (TPSA) is 66.0 Å². The number of halogens is 1. The van der Waals surface area contributed by atoms with Gasteiger partial charge in [0, 0.05) is 33.3 Å². The first kappa shape index (κ1) is 25.4. The summed E-state index contributed by atoms with van der Waals surface area (Å²) < 4.78 is 5.57. The summed E-state index contributed by atoms with van der Waals surface area (Å²) in [4.78, 5) is 17.9. The standard InChI is InChI=1S/C19H38N4O2.HI/c1-15(2)25-13-9-8-12-20-19(21-14-18(24)23(4)5)22-17-11-7-6-10-16(17)3;/h15-17H,6-14H2,1-5H3,(H2,20,21,22);1H. The molecule has 1 aliphatic carbocycles. The van der Waals surface area contributed by atoms with Crippen LogP contribution < -0.4 is 10.6 Å². The number of guanidine groups is 1.